The molecule has 0 radical (unpaired) electrons. The molecule has 1 aromatic heterocycles. The predicted octanol–water partition coefficient (Wildman–Crippen LogP) is 3.89. The molecule has 164 valence electrons. The van der Waals surface area contributed by atoms with Crippen LogP contribution in [0.3, 0.4) is 0 Å². The number of benzene rings is 2. The van der Waals surface area contributed by atoms with Crippen molar-refractivity contribution in [2.24, 2.45) is 0 Å². The Morgan fingerprint density at radius 1 is 1.06 bits per heavy atom. The molecule has 3 aromatic rings. The summed E-state index contributed by atoms with van der Waals surface area (Å²) in [7, 11) is 2.15. The number of anilines is 4. The van der Waals surface area contributed by atoms with Crippen molar-refractivity contribution in [2.45, 2.75) is 0 Å². The van der Waals surface area contributed by atoms with E-state index in [2.05, 4.69) is 56.2 Å². The lowest BCUT2D eigenvalue weighted by Gasteiger charge is -2.34. The van der Waals surface area contributed by atoms with E-state index < -0.39 is 0 Å². The molecule has 8 nitrogen and oxygen atoms in total. The van der Waals surface area contributed by atoms with Crippen LogP contribution in [-0.4, -0.2) is 54.0 Å². The molecular weight excluding hydrogens is 404 g/mol. The molecule has 0 unspecified atom stereocenters. The summed E-state index contributed by atoms with van der Waals surface area (Å²) in [5.41, 5.74) is 2.72. The van der Waals surface area contributed by atoms with Crippen LogP contribution in [0.2, 0.25) is 0 Å². The van der Waals surface area contributed by atoms with Crippen LogP contribution >= 0.6 is 0 Å². The molecule has 2 heterocycles. The zero-order valence-electron chi connectivity index (χ0n) is 18.0. The van der Waals surface area contributed by atoms with Crippen molar-refractivity contribution in [3.63, 3.8) is 0 Å². The summed E-state index contributed by atoms with van der Waals surface area (Å²) in [6.45, 7) is 7.66. The number of rotatable bonds is 7. The van der Waals surface area contributed by atoms with Crippen molar-refractivity contribution in [3.8, 4) is 11.6 Å². The van der Waals surface area contributed by atoms with Crippen LogP contribution in [0, 0.1) is 0 Å². The Morgan fingerprint density at radius 2 is 1.84 bits per heavy atom. The summed E-state index contributed by atoms with van der Waals surface area (Å²) >= 11 is 0. The molecule has 1 amide bonds. The standard InChI is InChI=1S/C24H26N6O2/c1-3-22(31)26-19-5-4-6-21(17-19)32-23-11-12-25-24(28-23)27-18-7-9-20(10-8-18)30-15-13-29(2)14-16-30/h3-12,17H,1,13-16H2,2H3,(H,26,31)(H,25,27,28). The predicted molar refractivity (Wildman–Crippen MR) is 127 cm³/mol. The third kappa shape index (κ3) is 5.61. The second kappa shape index (κ2) is 9.93. The molecule has 0 spiro atoms. The summed E-state index contributed by atoms with van der Waals surface area (Å²) in [4.78, 5) is 24.9. The fraction of sp³-hybridized carbons (Fsp3) is 0.208. The third-order valence-corrected chi connectivity index (χ3v) is 5.13. The molecule has 0 saturated carbocycles. The average Bonchev–Trinajstić information content (AvgIpc) is 2.81. The maximum atomic E-state index is 11.5. The Labute approximate surface area is 187 Å². The van der Waals surface area contributed by atoms with Gasteiger partial charge in [-0.15, -0.1) is 0 Å². The Balaban J connectivity index is 1.39. The van der Waals surface area contributed by atoms with Gasteiger partial charge in [-0.25, -0.2) is 4.98 Å². The first kappa shape index (κ1) is 21.3. The van der Waals surface area contributed by atoms with E-state index in [-0.39, 0.29) is 5.91 Å². The minimum absolute atomic E-state index is 0.283. The highest BCUT2D eigenvalue weighted by Gasteiger charge is 2.14. The van der Waals surface area contributed by atoms with Gasteiger partial charge >= 0.3 is 0 Å². The highest BCUT2D eigenvalue weighted by atomic mass is 16.5. The van der Waals surface area contributed by atoms with E-state index >= 15 is 0 Å². The minimum atomic E-state index is -0.283. The smallest absolute Gasteiger partial charge is 0.247 e. The van der Waals surface area contributed by atoms with Crippen LogP contribution in [0.25, 0.3) is 0 Å². The van der Waals surface area contributed by atoms with Gasteiger partial charge in [0.1, 0.15) is 5.75 Å². The molecule has 2 N–H and O–H groups in total. The van der Waals surface area contributed by atoms with E-state index in [0.29, 0.717) is 23.3 Å². The Morgan fingerprint density at radius 3 is 2.59 bits per heavy atom. The number of ether oxygens (including phenoxy) is 1. The number of nitrogens with zero attached hydrogens (tertiary/aromatic N) is 4. The van der Waals surface area contributed by atoms with E-state index in [1.54, 1.807) is 36.5 Å². The number of likely N-dealkylation sites (N-methyl/N-ethyl adjacent to an activating group) is 1. The van der Waals surface area contributed by atoms with Crippen molar-refractivity contribution in [1.82, 2.24) is 14.9 Å². The van der Waals surface area contributed by atoms with E-state index in [4.69, 9.17) is 4.74 Å². The van der Waals surface area contributed by atoms with Crippen LogP contribution in [-0.2, 0) is 4.79 Å². The average molecular weight is 431 g/mol. The van der Waals surface area contributed by atoms with Gasteiger partial charge in [0.25, 0.3) is 0 Å². The number of nitrogens with one attached hydrogen (secondary N) is 2. The van der Waals surface area contributed by atoms with Crippen LogP contribution in [0.5, 0.6) is 11.6 Å². The quantitative estimate of drug-likeness (QED) is 0.550. The molecule has 1 aliphatic heterocycles. The SMILES string of the molecule is C=CC(=O)Nc1cccc(Oc2ccnc(Nc3ccc(N4CCN(C)CC4)cc3)n2)c1. The molecule has 4 rings (SSSR count). The Kier molecular flexibility index (Phi) is 6.62. The maximum Gasteiger partial charge on any atom is 0.247 e. The van der Waals surface area contributed by atoms with Gasteiger partial charge in [-0.05, 0) is 49.5 Å². The number of aromatic nitrogens is 2. The van der Waals surface area contributed by atoms with Crippen LogP contribution in [0.1, 0.15) is 0 Å². The first-order valence-electron chi connectivity index (χ1n) is 10.4. The van der Waals surface area contributed by atoms with E-state index in [0.717, 1.165) is 31.9 Å². The normalized spacial score (nSPS) is 14.0. The van der Waals surface area contributed by atoms with Crippen molar-refractivity contribution in [2.75, 3.05) is 48.8 Å². The van der Waals surface area contributed by atoms with Crippen molar-refractivity contribution in [1.29, 1.82) is 0 Å². The lowest BCUT2D eigenvalue weighted by molar-refractivity contribution is -0.111. The monoisotopic (exact) mass is 430 g/mol. The van der Waals surface area contributed by atoms with Crippen molar-refractivity contribution >= 4 is 28.9 Å². The van der Waals surface area contributed by atoms with Gasteiger partial charge in [0.05, 0.1) is 0 Å². The second-order valence-electron chi connectivity index (χ2n) is 7.50. The summed E-state index contributed by atoms with van der Waals surface area (Å²) in [5, 5.41) is 5.92. The molecule has 0 bridgehead atoms. The fourth-order valence-electron chi connectivity index (χ4n) is 3.36. The Bertz CT molecular complexity index is 1080. The summed E-state index contributed by atoms with van der Waals surface area (Å²) in [6, 6.07) is 17.0. The van der Waals surface area contributed by atoms with E-state index in [1.165, 1.54) is 11.8 Å². The molecule has 0 atom stereocenters. The molecule has 2 aromatic carbocycles. The first-order chi connectivity index (χ1) is 15.6. The fourth-order valence-corrected chi connectivity index (χ4v) is 3.36. The van der Waals surface area contributed by atoms with Gasteiger partial charge in [0.15, 0.2) is 0 Å². The molecule has 1 fully saturated rings. The highest BCUT2D eigenvalue weighted by Crippen LogP contribution is 2.25. The Hall–Kier alpha value is -3.91. The van der Waals surface area contributed by atoms with Gasteiger partial charge in [-0.1, -0.05) is 12.6 Å². The molecule has 1 saturated heterocycles. The third-order valence-electron chi connectivity index (χ3n) is 5.13. The molecule has 0 aliphatic carbocycles. The second-order valence-corrected chi connectivity index (χ2v) is 7.50. The van der Waals surface area contributed by atoms with Crippen LogP contribution in [0.4, 0.5) is 23.0 Å². The van der Waals surface area contributed by atoms with Crippen molar-refractivity contribution < 1.29 is 9.53 Å². The van der Waals surface area contributed by atoms with E-state index in [9.17, 15) is 4.79 Å². The lowest BCUT2D eigenvalue weighted by atomic mass is 10.2. The summed E-state index contributed by atoms with van der Waals surface area (Å²) < 4.78 is 5.84. The molecule has 32 heavy (non-hydrogen) atoms. The summed E-state index contributed by atoms with van der Waals surface area (Å²) in [6.07, 6.45) is 2.85. The molecule has 8 heteroatoms. The lowest BCUT2D eigenvalue weighted by Crippen LogP contribution is -2.44. The molecular formula is C24H26N6O2. The van der Waals surface area contributed by atoms with Gasteiger partial charge in [0.2, 0.25) is 17.7 Å². The largest absolute Gasteiger partial charge is 0.439 e. The number of hydrogen-bond donors (Lipinski definition) is 2. The number of carbonyl (C=O) groups is 1. The zero-order valence-corrected chi connectivity index (χ0v) is 18.0. The minimum Gasteiger partial charge on any atom is -0.439 e. The van der Waals surface area contributed by atoms with Crippen molar-refractivity contribution in [3.05, 3.63) is 73.4 Å². The number of carbonyl (C=O) groups excluding carboxylic acids is 1. The van der Waals surface area contributed by atoms with Gasteiger partial charge in [0, 0.05) is 61.6 Å². The van der Waals surface area contributed by atoms with Gasteiger partial charge in [-0.2, -0.15) is 4.98 Å². The highest BCUT2D eigenvalue weighted by molar-refractivity contribution is 5.98. The summed E-state index contributed by atoms with van der Waals surface area (Å²) in [5.74, 6) is 1.09. The van der Waals surface area contributed by atoms with Crippen LogP contribution in [0.15, 0.2) is 73.4 Å². The topological polar surface area (TPSA) is 82.6 Å². The maximum absolute atomic E-state index is 11.5. The number of hydrogen-bond acceptors (Lipinski definition) is 7. The van der Waals surface area contributed by atoms with E-state index in [1.807, 2.05) is 12.1 Å². The first-order valence-corrected chi connectivity index (χ1v) is 10.4. The van der Waals surface area contributed by atoms with Crippen LogP contribution < -0.4 is 20.3 Å². The number of piperazine rings is 1. The molecule has 1 aliphatic rings. The zero-order chi connectivity index (χ0) is 22.3. The van der Waals surface area contributed by atoms with Gasteiger partial charge < -0.3 is 25.2 Å². The number of amides is 1. The van der Waals surface area contributed by atoms with Gasteiger partial charge in [-0.3, -0.25) is 4.79 Å².